The van der Waals surface area contributed by atoms with Gasteiger partial charge >= 0.3 is 0 Å². The second kappa shape index (κ2) is 3.89. The highest BCUT2D eigenvalue weighted by molar-refractivity contribution is 8.10. The maximum absolute atomic E-state index is 11.9. The van der Waals surface area contributed by atoms with Gasteiger partial charge in [0.2, 0.25) is 0 Å². The van der Waals surface area contributed by atoms with Crippen LogP contribution in [0.3, 0.4) is 0 Å². The molecular weight excluding hydrogens is 208 g/mol. The van der Waals surface area contributed by atoms with Gasteiger partial charge in [0.25, 0.3) is 0 Å². The summed E-state index contributed by atoms with van der Waals surface area (Å²) in [5.41, 5.74) is 6.80. The minimum atomic E-state index is -2.75. The zero-order chi connectivity index (χ0) is 11.7. The molecule has 4 N–H and O–H groups in total. The first-order chi connectivity index (χ1) is 6.92. The van der Waals surface area contributed by atoms with Crippen LogP contribution in [0.5, 0.6) is 0 Å². The van der Waals surface area contributed by atoms with Gasteiger partial charge in [0.15, 0.2) is 0 Å². The van der Waals surface area contributed by atoms with Crippen LogP contribution in [-0.4, -0.2) is 14.3 Å². The summed E-state index contributed by atoms with van der Waals surface area (Å²) < 4.78 is 11.9. The van der Waals surface area contributed by atoms with Crippen LogP contribution in [0.15, 0.2) is 49.1 Å². The van der Waals surface area contributed by atoms with E-state index in [0.717, 1.165) is 5.57 Å². The van der Waals surface area contributed by atoms with E-state index in [1.165, 1.54) is 0 Å². The van der Waals surface area contributed by atoms with Crippen molar-refractivity contribution in [2.75, 3.05) is 0 Å². The molecule has 1 unspecified atom stereocenters. The highest BCUT2D eigenvalue weighted by Crippen LogP contribution is 2.49. The monoisotopic (exact) mass is 226 g/mol. The Hall–Kier alpha value is -0.970. The van der Waals surface area contributed by atoms with Gasteiger partial charge in [0.1, 0.15) is 4.87 Å². The number of hydrogen-bond acceptors (Lipinski definition) is 2. The lowest BCUT2D eigenvalue weighted by atomic mass is 10.0. The number of thiol groups is 1. The Bertz CT molecular complexity index is 397. The molecule has 3 nitrogen and oxygen atoms in total. The minimum Gasteiger partial charge on any atom is -0.311 e. The number of allylic oxidation sites excluding steroid dienone is 4. The first kappa shape index (κ1) is 12.1. The molecule has 1 rings (SSSR count). The SMILES string of the molecule is C=C/C=C\C(=C\C=C)[C@@]1(N)C(C)[SH]1(N)=O. The largest absolute Gasteiger partial charge is 0.311 e. The Morgan fingerprint density at radius 2 is 2.00 bits per heavy atom. The highest BCUT2D eigenvalue weighted by Gasteiger charge is 2.64. The Labute approximate surface area is 91.8 Å². The molecule has 0 spiro atoms. The summed E-state index contributed by atoms with van der Waals surface area (Å²) >= 11 is 0. The average molecular weight is 226 g/mol. The van der Waals surface area contributed by atoms with Crippen LogP contribution in [-0.2, 0) is 10.1 Å². The molecule has 0 saturated carbocycles. The van der Waals surface area contributed by atoms with Crippen LogP contribution < -0.4 is 10.9 Å². The van der Waals surface area contributed by atoms with Gasteiger partial charge in [-0.25, -0.2) is 0 Å². The van der Waals surface area contributed by atoms with E-state index < -0.39 is 15.0 Å². The lowest BCUT2D eigenvalue weighted by molar-refractivity contribution is 0.678. The molecule has 1 aliphatic heterocycles. The molecule has 4 heteroatoms. The van der Waals surface area contributed by atoms with Crippen molar-refractivity contribution < 1.29 is 4.21 Å². The van der Waals surface area contributed by atoms with Crippen molar-refractivity contribution in [2.24, 2.45) is 10.9 Å². The lowest BCUT2D eigenvalue weighted by Gasteiger charge is -2.11. The topological polar surface area (TPSA) is 69.1 Å². The zero-order valence-electron chi connectivity index (χ0n) is 8.89. The van der Waals surface area contributed by atoms with E-state index in [-0.39, 0.29) is 5.25 Å². The molecule has 84 valence electrons. The van der Waals surface area contributed by atoms with Crippen molar-refractivity contribution in [3.8, 4) is 0 Å². The van der Waals surface area contributed by atoms with E-state index in [4.69, 9.17) is 10.9 Å². The van der Waals surface area contributed by atoms with E-state index in [1.54, 1.807) is 37.3 Å². The standard InChI is InChI=1S/C11H18N2OS/c1-4-6-8-10(7-5-2)11(12)9(3)15(11,13)14/h4-9,15H,1-2,12H2,3H3,(H2,13,14)/b8-6-,10-7-/t9?,11-/m1/s1. The first-order valence-electron chi connectivity index (χ1n) is 4.72. The molecule has 0 radical (unpaired) electrons. The Balaban J connectivity index is 3.09. The fourth-order valence-corrected chi connectivity index (χ4v) is 3.92. The normalized spacial score (nSPS) is 36.2. The number of nitrogens with two attached hydrogens (primary N) is 2. The van der Waals surface area contributed by atoms with E-state index in [9.17, 15) is 4.21 Å². The second-order valence-electron chi connectivity index (χ2n) is 3.66. The summed E-state index contributed by atoms with van der Waals surface area (Å²) in [6.07, 6.45) is 8.51. The van der Waals surface area contributed by atoms with E-state index >= 15 is 0 Å². The van der Waals surface area contributed by atoms with Crippen molar-refractivity contribution in [2.45, 2.75) is 17.0 Å². The maximum atomic E-state index is 11.9. The molecule has 0 aromatic carbocycles. The zero-order valence-corrected chi connectivity index (χ0v) is 9.78. The first-order valence-corrected chi connectivity index (χ1v) is 6.57. The summed E-state index contributed by atoms with van der Waals surface area (Å²) in [7, 11) is -2.75. The average Bonchev–Trinajstić information content (AvgIpc) is 2.58. The fraction of sp³-hybridized carbons (Fsp3) is 0.273. The van der Waals surface area contributed by atoms with Gasteiger partial charge in [-0.15, -0.1) is 0 Å². The van der Waals surface area contributed by atoms with Crippen molar-refractivity contribution in [1.29, 1.82) is 0 Å². The van der Waals surface area contributed by atoms with Crippen molar-refractivity contribution in [1.82, 2.24) is 0 Å². The van der Waals surface area contributed by atoms with Crippen LogP contribution in [0, 0.1) is 0 Å². The predicted molar refractivity (Wildman–Crippen MR) is 67.7 cm³/mol. The minimum absolute atomic E-state index is 0.175. The molecule has 1 heterocycles. The summed E-state index contributed by atoms with van der Waals surface area (Å²) in [6, 6.07) is 0. The third-order valence-corrected chi connectivity index (χ3v) is 5.98. The molecule has 1 aliphatic rings. The molecule has 1 saturated heterocycles. The number of hydrogen-bond donors (Lipinski definition) is 3. The van der Waals surface area contributed by atoms with Crippen molar-refractivity contribution in [3.05, 3.63) is 49.1 Å². The summed E-state index contributed by atoms with van der Waals surface area (Å²) in [6.45, 7) is 8.98. The number of rotatable bonds is 4. The maximum Gasteiger partial charge on any atom is 0.120 e. The Morgan fingerprint density at radius 1 is 1.47 bits per heavy atom. The molecular formula is C11H18N2OS. The molecule has 0 aromatic rings. The van der Waals surface area contributed by atoms with Crippen LogP contribution in [0.4, 0.5) is 0 Å². The van der Waals surface area contributed by atoms with Crippen molar-refractivity contribution in [3.63, 3.8) is 0 Å². The second-order valence-corrected chi connectivity index (χ2v) is 6.60. The summed E-state index contributed by atoms with van der Waals surface area (Å²) in [4.78, 5) is -0.888. The molecule has 2 atom stereocenters. The highest BCUT2D eigenvalue weighted by atomic mass is 32.3. The molecule has 0 amide bonds. The van der Waals surface area contributed by atoms with Crippen LogP contribution >= 0.6 is 0 Å². The van der Waals surface area contributed by atoms with E-state index in [0.29, 0.717) is 0 Å². The summed E-state index contributed by atoms with van der Waals surface area (Å²) in [5.74, 6) is 0. The molecule has 0 aromatic heterocycles. The Kier molecular flexibility index (Phi) is 3.13. The van der Waals surface area contributed by atoms with Gasteiger partial charge in [-0.2, -0.15) is 0 Å². The van der Waals surface area contributed by atoms with Crippen LogP contribution in [0.1, 0.15) is 6.92 Å². The van der Waals surface area contributed by atoms with Gasteiger partial charge in [0, 0.05) is 0 Å². The van der Waals surface area contributed by atoms with Gasteiger partial charge in [0.05, 0.1) is 5.25 Å². The van der Waals surface area contributed by atoms with Gasteiger partial charge in [-0.3, -0.25) is 9.35 Å². The molecule has 1 fully saturated rings. The third-order valence-electron chi connectivity index (χ3n) is 2.89. The lowest BCUT2D eigenvalue weighted by Crippen LogP contribution is -2.33. The van der Waals surface area contributed by atoms with Crippen molar-refractivity contribution >= 4 is 10.1 Å². The summed E-state index contributed by atoms with van der Waals surface area (Å²) in [5, 5.41) is 5.51. The van der Waals surface area contributed by atoms with Gasteiger partial charge in [-0.05, 0) is 22.6 Å². The quantitative estimate of drug-likeness (QED) is 0.377. The van der Waals surface area contributed by atoms with Crippen LogP contribution in [0.25, 0.3) is 0 Å². The predicted octanol–water partition coefficient (Wildman–Crippen LogP) is 0.788. The molecule has 0 aliphatic carbocycles. The van der Waals surface area contributed by atoms with E-state index in [1.807, 2.05) is 0 Å². The van der Waals surface area contributed by atoms with Crippen LogP contribution in [0.2, 0.25) is 0 Å². The molecule has 15 heavy (non-hydrogen) atoms. The fourth-order valence-electron chi connectivity index (χ4n) is 1.67. The van der Waals surface area contributed by atoms with Gasteiger partial charge in [-0.1, -0.05) is 43.5 Å². The molecule has 0 bridgehead atoms. The smallest absolute Gasteiger partial charge is 0.120 e. The van der Waals surface area contributed by atoms with E-state index in [2.05, 4.69) is 13.2 Å². The third kappa shape index (κ3) is 1.65. The Morgan fingerprint density at radius 3 is 2.33 bits per heavy atom. The van der Waals surface area contributed by atoms with Gasteiger partial charge < -0.3 is 5.73 Å².